The summed E-state index contributed by atoms with van der Waals surface area (Å²) >= 11 is 0. The number of Topliss-reactive ketones (excluding diaryl/α,β-unsaturated/α-hetero) is 1. The Morgan fingerprint density at radius 3 is 2.88 bits per heavy atom. The summed E-state index contributed by atoms with van der Waals surface area (Å²) in [4.78, 5) is 22.7. The van der Waals surface area contributed by atoms with Crippen molar-refractivity contribution in [2.75, 3.05) is 26.4 Å². The van der Waals surface area contributed by atoms with Gasteiger partial charge in [0, 0.05) is 12.0 Å². The second-order valence-electron chi connectivity index (χ2n) is 3.48. The first-order valence-corrected chi connectivity index (χ1v) is 5.47. The van der Waals surface area contributed by atoms with Crippen LogP contribution in [0.5, 0.6) is 0 Å². The number of ether oxygens (including phenoxy) is 2. The molecule has 94 valence electrons. The van der Waals surface area contributed by atoms with Gasteiger partial charge in [0.1, 0.15) is 6.61 Å². The van der Waals surface area contributed by atoms with Crippen LogP contribution in [0, 0.1) is 0 Å². The standard InChI is InChI=1S/C12H16O5/c13-5-6-16-7-8-17-12(15)9-10-3-1-2-4-11(10)14/h1-3,13H,4-9H2. The molecule has 0 aliphatic heterocycles. The molecule has 0 amide bonds. The molecule has 1 N–H and O–H groups in total. The molecule has 0 unspecified atom stereocenters. The fourth-order valence-corrected chi connectivity index (χ4v) is 1.33. The van der Waals surface area contributed by atoms with Crippen molar-refractivity contribution in [3.05, 3.63) is 23.8 Å². The quantitative estimate of drug-likeness (QED) is 0.514. The van der Waals surface area contributed by atoms with Crippen LogP contribution in [0.25, 0.3) is 0 Å². The maximum Gasteiger partial charge on any atom is 0.310 e. The SMILES string of the molecule is O=C(CC1=CC=CCC1=O)OCCOCCO. The summed E-state index contributed by atoms with van der Waals surface area (Å²) in [6.45, 7) is 0.559. The van der Waals surface area contributed by atoms with Crippen molar-refractivity contribution in [3.8, 4) is 0 Å². The molecule has 1 rings (SSSR count). The third-order valence-electron chi connectivity index (χ3n) is 2.16. The number of aliphatic hydroxyl groups is 1. The Morgan fingerprint density at radius 2 is 2.18 bits per heavy atom. The lowest BCUT2D eigenvalue weighted by Gasteiger charge is -2.08. The van der Waals surface area contributed by atoms with Crippen molar-refractivity contribution in [1.82, 2.24) is 0 Å². The zero-order valence-corrected chi connectivity index (χ0v) is 9.55. The van der Waals surface area contributed by atoms with Crippen LogP contribution >= 0.6 is 0 Å². The largest absolute Gasteiger partial charge is 0.463 e. The van der Waals surface area contributed by atoms with Crippen LogP contribution in [0.3, 0.4) is 0 Å². The Labute approximate surface area is 99.7 Å². The molecule has 0 radical (unpaired) electrons. The van der Waals surface area contributed by atoms with Gasteiger partial charge >= 0.3 is 5.97 Å². The highest BCUT2D eigenvalue weighted by Gasteiger charge is 2.15. The van der Waals surface area contributed by atoms with E-state index in [0.717, 1.165) is 0 Å². The molecule has 0 saturated heterocycles. The number of rotatable bonds is 7. The molecule has 0 heterocycles. The average Bonchev–Trinajstić information content (AvgIpc) is 2.32. The summed E-state index contributed by atoms with van der Waals surface area (Å²) in [5.41, 5.74) is 0.480. The van der Waals surface area contributed by atoms with E-state index in [-0.39, 0.29) is 38.6 Å². The molecule has 0 fully saturated rings. The lowest BCUT2D eigenvalue weighted by atomic mass is 10.0. The van der Waals surface area contributed by atoms with Gasteiger partial charge in [-0.25, -0.2) is 0 Å². The zero-order chi connectivity index (χ0) is 12.5. The first kappa shape index (κ1) is 13.6. The van der Waals surface area contributed by atoms with Crippen molar-refractivity contribution in [2.24, 2.45) is 0 Å². The van der Waals surface area contributed by atoms with Gasteiger partial charge in [-0.05, 0) is 0 Å². The van der Waals surface area contributed by atoms with Gasteiger partial charge in [0.25, 0.3) is 0 Å². The van der Waals surface area contributed by atoms with Crippen LogP contribution in [-0.4, -0.2) is 43.3 Å². The first-order chi connectivity index (χ1) is 8.24. The summed E-state index contributed by atoms with van der Waals surface area (Å²) in [6.07, 6.45) is 5.49. The molecule has 5 nitrogen and oxygen atoms in total. The Morgan fingerprint density at radius 1 is 1.35 bits per heavy atom. The molecule has 0 spiro atoms. The average molecular weight is 240 g/mol. The van der Waals surface area contributed by atoms with Gasteiger partial charge in [-0.15, -0.1) is 0 Å². The molecular weight excluding hydrogens is 224 g/mol. The number of esters is 1. The monoisotopic (exact) mass is 240 g/mol. The zero-order valence-electron chi connectivity index (χ0n) is 9.55. The molecule has 0 aromatic heterocycles. The molecule has 17 heavy (non-hydrogen) atoms. The van der Waals surface area contributed by atoms with Gasteiger partial charge in [-0.3, -0.25) is 9.59 Å². The van der Waals surface area contributed by atoms with Crippen molar-refractivity contribution in [3.63, 3.8) is 0 Å². The van der Waals surface area contributed by atoms with Gasteiger partial charge in [0.05, 0.1) is 26.2 Å². The Balaban J connectivity index is 2.18. The highest BCUT2D eigenvalue weighted by Crippen LogP contribution is 2.12. The molecule has 1 aliphatic rings. The van der Waals surface area contributed by atoms with Gasteiger partial charge in [-0.1, -0.05) is 18.2 Å². The summed E-state index contributed by atoms with van der Waals surface area (Å²) in [7, 11) is 0. The van der Waals surface area contributed by atoms with E-state index in [1.165, 1.54) is 0 Å². The maximum atomic E-state index is 11.4. The fraction of sp³-hybridized carbons (Fsp3) is 0.500. The van der Waals surface area contributed by atoms with Crippen molar-refractivity contribution < 1.29 is 24.2 Å². The van der Waals surface area contributed by atoms with E-state index < -0.39 is 5.97 Å². The number of allylic oxidation sites excluding steroid dienone is 3. The number of ketones is 1. The maximum absolute atomic E-state index is 11.4. The Kier molecular flexibility index (Phi) is 6.21. The van der Waals surface area contributed by atoms with Gasteiger partial charge in [0.2, 0.25) is 0 Å². The number of aliphatic hydroxyl groups excluding tert-OH is 1. The van der Waals surface area contributed by atoms with E-state index in [1.54, 1.807) is 18.2 Å². The molecule has 5 heteroatoms. The third kappa shape index (κ3) is 5.42. The minimum absolute atomic E-state index is 0.00315. The van der Waals surface area contributed by atoms with Crippen molar-refractivity contribution >= 4 is 11.8 Å². The minimum atomic E-state index is -0.438. The van der Waals surface area contributed by atoms with Crippen LogP contribution < -0.4 is 0 Å². The van der Waals surface area contributed by atoms with Crippen molar-refractivity contribution in [2.45, 2.75) is 12.8 Å². The normalized spacial score (nSPS) is 14.6. The second kappa shape index (κ2) is 7.76. The topological polar surface area (TPSA) is 72.8 Å². The summed E-state index contributed by atoms with van der Waals surface area (Å²) in [5, 5.41) is 8.44. The van der Waals surface area contributed by atoms with Gasteiger partial charge < -0.3 is 14.6 Å². The molecule has 0 atom stereocenters. The molecule has 0 saturated carbocycles. The molecule has 1 aliphatic carbocycles. The van der Waals surface area contributed by atoms with E-state index in [1.807, 2.05) is 0 Å². The van der Waals surface area contributed by atoms with Crippen LogP contribution in [0.1, 0.15) is 12.8 Å². The van der Waals surface area contributed by atoms with E-state index in [4.69, 9.17) is 14.6 Å². The lowest BCUT2D eigenvalue weighted by molar-refractivity contribution is -0.145. The molecule has 0 aromatic carbocycles. The summed E-state index contributed by atoms with van der Waals surface area (Å²) in [6, 6.07) is 0. The second-order valence-corrected chi connectivity index (χ2v) is 3.48. The first-order valence-electron chi connectivity index (χ1n) is 5.47. The summed E-state index contributed by atoms with van der Waals surface area (Å²) < 4.78 is 9.80. The van der Waals surface area contributed by atoms with E-state index >= 15 is 0 Å². The number of hydrogen-bond acceptors (Lipinski definition) is 5. The fourth-order valence-electron chi connectivity index (χ4n) is 1.33. The number of hydrogen-bond donors (Lipinski definition) is 1. The smallest absolute Gasteiger partial charge is 0.310 e. The third-order valence-corrected chi connectivity index (χ3v) is 2.16. The predicted octanol–water partition coefficient (Wildman–Crippen LogP) is 0.384. The Bertz CT molecular complexity index is 330. The number of carbonyl (C=O) groups excluding carboxylic acids is 2. The van der Waals surface area contributed by atoms with Crippen LogP contribution in [-0.2, 0) is 19.1 Å². The van der Waals surface area contributed by atoms with Gasteiger partial charge in [0.15, 0.2) is 5.78 Å². The Hall–Kier alpha value is -1.46. The van der Waals surface area contributed by atoms with Crippen LogP contribution in [0.15, 0.2) is 23.8 Å². The highest BCUT2D eigenvalue weighted by atomic mass is 16.6. The van der Waals surface area contributed by atoms with Crippen LogP contribution in [0.4, 0.5) is 0 Å². The molecular formula is C12H16O5. The van der Waals surface area contributed by atoms with Crippen LogP contribution in [0.2, 0.25) is 0 Å². The molecule has 0 bridgehead atoms. The van der Waals surface area contributed by atoms with E-state index in [0.29, 0.717) is 12.0 Å². The highest BCUT2D eigenvalue weighted by molar-refractivity contribution is 6.01. The van der Waals surface area contributed by atoms with E-state index in [9.17, 15) is 9.59 Å². The minimum Gasteiger partial charge on any atom is -0.463 e. The molecule has 0 aromatic rings. The lowest BCUT2D eigenvalue weighted by Crippen LogP contribution is -2.15. The van der Waals surface area contributed by atoms with Gasteiger partial charge in [-0.2, -0.15) is 0 Å². The van der Waals surface area contributed by atoms with E-state index in [2.05, 4.69) is 0 Å². The van der Waals surface area contributed by atoms with Crippen molar-refractivity contribution in [1.29, 1.82) is 0 Å². The number of carbonyl (C=O) groups is 2. The summed E-state index contributed by atoms with van der Waals surface area (Å²) in [5.74, 6) is -0.478. The predicted molar refractivity (Wildman–Crippen MR) is 60.3 cm³/mol.